The van der Waals surface area contributed by atoms with E-state index in [2.05, 4.69) is 4.74 Å². The molecular weight excluding hydrogens is 303 g/mol. The second-order valence-electron chi connectivity index (χ2n) is 4.55. The van der Waals surface area contributed by atoms with Crippen LogP contribution in [0.25, 0.3) is 0 Å². The third-order valence-corrected chi connectivity index (χ3v) is 3.50. The maximum Gasteiger partial charge on any atom is 0.573 e. The average Bonchev–Trinajstić information content (AvgIpc) is 2.39. The molecule has 0 radical (unpaired) electrons. The van der Waals surface area contributed by atoms with E-state index >= 15 is 0 Å². The van der Waals surface area contributed by atoms with Gasteiger partial charge in [0.15, 0.2) is 0 Å². The molecule has 0 saturated heterocycles. The van der Waals surface area contributed by atoms with Crippen molar-refractivity contribution >= 4 is 11.6 Å². The summed E-state index contributed by atoms with van der Waals surface area (Å²) in [6.07, 6.45) is -4.73. The second kappa shape index (κ2) is 5.95. The van der Waals surface area contributed by atoms with Crippen molar-refractivity contribution in [3.8, 4) is 5.75 Å². The summed E-state index contributed by atoms with van der Waals surface area (Å²) in [4.78, 5) is 0. The first-order valence-electron chi connectivity index (χ1n) is 6.14. The van der Waals surface area contributed by atoms with Gasteiger partial charge in [0.2, 0.25) is 0 Å². The third-order valence-electron chi connectivity index (χ3n) is 3.10. The van der Waals surface area contributed by atoms with Crippen LogP contribution in [-0.2, 0) is 0 Å². The van der Waals surface area contributed by atoms with Crippen LogP contribution in [0, 0.1) is 6.92 Å². The minimum absolute atomic E-state index is 0.296. The van der Waals surface area contributed by atoms with Crippen LogP contribution in [0.4, 0.5) is 13.2 Å². The smallest absolute Gasteiger partial charge is 0.406 e. The van der Waals surface area contributed by atoms with E-state index in [1.54, 1.807) is 24.3 Å². The van der Waals surface area contributed by atoms with Crippen LogP contribution in [0.3, 0.4) is 0 Å². The van der Waals surface area contributed by atoms with Crippen LogP contribution in [0.2, 0.25) is 5.02 Å². The highest BCUT2D eigenvalue weighted by Crippen LogP contribution is 2.30. The normalized spacial score (nSPS) is 13.0. The lowest BCUT2D eigenvalue weighted by molar-refractivity contribution is -0.274. The largest absolute Gasteiger partial charge is 0.573 e. The van der Waals surface area contributed by atoms with E-state index in [1.165, 1.54) is 18.2 Å². The number of benzene rings is 2. The van der Waals surface area contributed by atoms with Gasteiger partial charge in [-0.3, -0.25) is 0 Å². The van der Waals surface area contributed by atoms with E-state index < -0.39 is 12.4 Å². The molecule has 0 bridgehead atoms. The zero-order valence-electron chi connectivity index (χ0n) is 11.1. The SMILES string of the molecule is Cc1c(Cl)cccc1C(N)c1cccc(OC(F)(F)F)c1. The molecule has 2 aromatic rings. The van der Waals surface area contributed by atoms with Crippen LogP contribution in [-0.4, -0.2) is 6.36 Å². The standard InChI is InChI=1S/C15H13ClF3NO/c1-9-12(6-3-7-13(9)16)14(20)10-4-2-5-11(8-10)21-15(17,18)19/h2-8,14H,20H2,1H3. The van der Waals surface area contributed by atoms with Gasteiger partial charge in [-0.25, -0.2) is 0 Å². The van der Waals surface area contributed by atoms with Crippen molar-refractivity contribution in [2.24, 2.45) is 5.73 Å². The summed E-state index contributed by atoms with van der Waals surface area (Å²) in [6, 6.07) is 10.3. The molecule has 2 aromatic carbocycles. The molecule has 6 heteroatoms. The maximum atomic E-state index is 12.2. The topological polar surface area (TPSA) is 35.2 Å². The van der Waals surface area contributed by atoms with Crippen molar-refractivity contribution in [2.75, 3.05) is 0 Å². The highest BCUT2D eigenvalue weighted by atomic mass is 35.5. The van der Waals surface area contributed by atoms with Gasteiger partial charge in [-0.15, -0.1) is 13.2 Å². The molecule has 0 aliphatic carbocycles. The van der Waals surface area contributed by atoms with Crippen molar-refractivity contribution < 1.29 is 17.9 Å². The Kier molecular flexibility index (Phi) is 4.44. The van der Waals surface area contributed by atoms with E-state index in [-0.39, 0.29) is 5.75 Å². The lowest BCUT2D eigenvalue weighted by Crippen LogP contribution is -2.18. The molecule has 0 aliphatic heterocycles. The van der Waals surface area contributed by atoms with E-state index in [1.807, 2.05) is 6.92 Å². The predicted molar refractivity (Wildman–Crippen MR) is 75.3 cm³/mol. The highest BCUT2D eigenvalue weighted by Gasteiger charge is 2.31. The Morgan fingerprint density at radius 1 is 1.14 bits per heavy atom. The molecule has 2 rings (SSSR count). The van der Waals surface area contributed by atoms with Gasteiger partial charge in [0.05, 0.1) is 6.04 Å². The van der Waals surface area contributed by atoms with Crippen LogP contribution in [0.5, 0.6) is 5.75 Å². The van der Waals surface area contributed by atoms with Gasteiger partial charge >= 0.3 is 6.36 Å². The molecule has 1 atom stereocenters. The van der Waals surface area contributed by atoms with Crippen LogP contribution in [0.15, 0.2) is 42.5 Å². The number of nitrogens with two attached hydrogens (primary N) is 1. The van der Waals surface area contributed by atoms with Gasteiger partial charge in [0.1, 0.15) is 5.75 Å². The summed E-state index contributed by atoms with van der Waals surface area (Å²) in [5, 5.41) is 0.561. The minimum Gasteiger partial charge on any atom is -0.406 e. The van der Waals surface area contributed by atoms with Crippen LogP contribution < -0.4 is 10.5 Å². The summed E-state index contributed by atoms with van der Waals surface area (Å²) in [5.41, 5.74) is 8.20. The van der Waals surface area contributed by atoms with Gasteiger partial charge in [-0.1, -0.05) is 35.9 Å². The second-order valence-corrected chi connectivity index (χ2v) is 4.96. The summed E-state index contributed by atoms with van der Waals surface area (Å²) in [5.74, 6) is -0.296. The van der Waals surface area contributed by atoms with Crippen molar-refractivity contribution in [3.05, 3.63) is 64.2 Å². The molecule has 2 nitrogen and oxygen atoms in total. The quantitative estimate of drug-likeness (QED) is 0.898. The first-order valence-corrected chi connectivity index (χ1v) is 6.52. The fourth-order valence-corrected chi connectivity index (χ4v) is 2.23. The number of ether oxygens (including phenoxy) is 1. The molecule has 0 fully saturated rings. The van der Waals surface area contributed by atoms with Crippen molar-refractivity contribution in [3.63, 3.8) is 0 Å². The van der Waals surface area contributed by atoms with E-state index in [0.717, 1.165) is 11.1 Å². The predicted octanol–water partition coefficient (Wildman–Crippen LogP) is 4.60. The molecule has 0 heterocycles. The molecule has 0 spiro atoms. The van der Waals surface area contributed by atoms with E-state index in [9.17, 15) is 13.2 Å². The molecule has 0 amide bonds. The molecule has 1 unspecified atom stereocenters. The highest BCUT2D eigenvalue weighted by molar-refractivity contribution is 6.31. The number of rotatable bonds is 3. The molecule has 0 aromatic heterocycles. The summed E-state index contributed by atoms with van der Waals surface area (Å²) >= 11 is 6.03. The Bertz CT molecular complexity index is 643. The number of hydrogen-bond acceptors (Lipinski definition) is 2. The summed E-state index contributed by atoms with van der Waals surface area (Å²) in [6.45, 7) is 1.81. The van der Waals surface area contributed by atoms with E-state index in [4.69, 9.17) is 17.3 Å². The zero-order chi connectivity index (χ0) is 15.6. The molecule has 21 heavy (non-hydrogen) atoms. The van der Waals surface area contributed by atoms with Gasteiger partial charge in [-0.05, 0) is 41.8 Å². The Morgan fingerprint density at radius 3 is 2.48 bits per heavy atom. The average molecular weight is 316 g/mol. The van der Waals surface area contributed by atoms with E-state index in [0.29, 0.717) is 10.6 Å². The summed E-state index contributed by atoms with van der Waals surface area (Å²) < 4.78 is 40.6. The van der Waals surface area contributed by atoms with Crippen LogP contribution >= 0.6 is 11.6 Å². The van der Waals surface area contributed by atoms with Gasteiger partial charge in [-0.2, -0.15) is 0 Å². The minimum atomic E-state index is -4.73. The number of hydrogen-bond donors (Lipinski definition) is 1. The van der Waals surface area contributed by atoms with Gasteiger partial charge in [0, 0.05) is 5.02 Å². The Morgan fingerprint density at radius 2 is 1.81 bits per heavy atom. The maximum absolute atomic E-state index is 12.2. The number of halogens is 4. The number of alkyl halides is 3. The zero-order valence-corrected chi connectivity index (χ0v) is 11.9. The Hall–Kier alpha value is -1.72. The van der Waals surface area contributed by atoms with Gasteiger partial charge in [0.25, 0.3) is 0 Å². The Balaban J connectivity index is 2.33. The lowest BCUT2D eigenvalue weighted by Gasteiger charge is -2.17. The fraction of sp³-hybridized carbons (Fsp3) is 0.200. The Labute approximate surface area is 125 Å². The first-order chi connectivity index (χ1) is 9.78. The first kappa shape index (κ1) is 15.7. The third kappa shape index (κ3) is 3.89. The van der Waals surface area contributed by atoms with Gasteiger partial charge < -0.3 is 10.5 Å². The van der Waals surface area contributed by atoms with Crippen molar-refractivity contribution in [2.45, 2.75) is 19.3 Å². The molecule has 0 aliphatic rings. The monoisotopic (exact) mass is 315 g/mol. The van der Waals surface area contributed by atoms with Crippen molar-refractivity contribution in [1.29, 1.82) is 0 Å². The summed E-state index contributed by atoms with van der Waals surface area (Å²) in [7, 11) is 0. The molecular formula is C15H13ClF3NO. The lowest BCUT2D eigenvalue weighted by atomic mass is 9.96. The fourth-order valence-electron chi connectivity index (χ4n) is 2.05. The molecule has 2 N–H and O–H groups in total. The van der Waals surface area contributed by atoms with Crippen molar-refractivity contribution in [1.82, 2.24) is 0 Å². The molecule has 112 valence electrons. The molecule has 0 saturated carbocycles. The van der Waals surface area contributed by atoms with Crippen LogP contribution in [0.1, 0.15) is 22.7 Å².